The lowest BCUT2D eigenvalue weighted by Gasteiger charge is -2.38. The minimum Gasteiger partial charge on any atom is -0.378 e. The van der Waals surface area contributed by atoms with Gasteiger partial charge < -0.3 is 5.32 Å². The van der Waals surface area contributed by atoms with Gasteiger partial charge in [-0.15, -0.1) is 0 Å². The third kappa shape index (κ3) is 2.29. The van der Waals surface area contributed by atoms with E-state index in [1.165, 1.54) is 11.3 Å². The van der Waals surface area contributed by atoms with Crippen molar-refractivity contribution in [3.8, 4) is 0 Å². The summed E-state index contributed by atoms with van der Waals surface area (Å²) in [6.45, 7) is 0. The van der Waals surface area contributed by atoms with Crippen LogP contribution in [0.2, 0.25) is 10.0 Å². The largest absolute Gasteiger partial charge is 0.378 e. The van der Waals surface area contributed by atoms with E-state index in [1.54, 1.807) is 0 Å². The smallest absolute Gasteiger partial charge is 0.0645 e. The van der Waals surface area contributed by atoms with Gasteiger partial charge in [0.15, 0.2) is 0 Å². The van der Waals surface area contributed by atoms with Crippen LogP contribution in [0.3, 0.4) is 0 Å². The molecule has 1 aliphatic carbocycles. The van der Waals surface area contributed by atoms with Crippen LogP contribution in [0.25, 0.3) is 0 Å². The molecule has 0 amide bonds. The fourth-order valence-electron chi connectivity index (χ4n) is 3.63. The Morgan fingerprint density at radius 1 is 1.09 bits per heavy atom. The van der Waals surface area contributed by atoms with Gasteiger partial charge in [-0.2, -0.15) is 0 Å². The maximum absolute atomic E-state index is 6.47. The molecule has 2 aromatic rings. The molecule has 1 aliphatic heterocycles. The molecule has 1 nitrogen and oxygen atoms in total. The van der Waals surface area contributed by atoms with Crippen LogP contribution >= 0.6 is 39.1 Å². The summed E-state index contributed by atoms with van der Waals surface area (Å²) in [6.07, 6.45) is 5.65. The van der Waals surface area contributed by atoms with Crippen molar-refractivity contribution in [1.82, 2.24) is 0 Å². The highest BCUT2D eigenvalue weighted by molar-refractivity contribution is 9.10. The standard InChI is InChI=1S/C18H14BrCl2N/c19-10-7-8-16-14(9-10)11-3-1-4-12(11)18(22-16)13-5-2-6-15(20)17(13)21/h1-3,5-9,11-12,18,22H,4H2/t11-,12+,18-/m0/s1. The molecule has 112 valence electrons. The molecule has 0 saturated heterocycles. The Labute approximate surface area is 148 Å². The van der Waals surface area contributed by atoms with Crippen molar-refractivity contribution < 1.29 is 0 Å². The van der Waals surface area contributed by atoms with Gasteiger partial charge in [-0.25, -0.2) is 0 Å². The second kappa shape index (κ2) is 5.59. The van der Waals surface area contributed by atoms with Crippen LogP contribution < -0.4 is 5.32 Å². The summed E-state index contributed by atoms with van der Waals surface area (Å²) in [7, 11) is 0. The summed E-state index contributed by atoms with van der Waals surface area (Å²) >= 11 is 16.3. The van der Waals surface area contributed by atoms with Gasteiger partial charge in [0.1, 0.15) is 0 Å². The Kier molecular flexibility index (Phi) is 3.72. The molecule has 2 aromatic carbocycles. The van der Waals surface area contributed by atoms with Gasteiger partial charge in [0, 0.05) is 16.1 Å². The van der Waals surface area contributed by atoms with Crippen LogP contribution in [0.4, 0.5) is 5.69 Å². The van der Waals surface area contributed by atoms with Crippen molar-refractivity contribution in [2.75, 3.05) is 5.32 Å². The highest BCUT2D eigenvalue weighted by Crippen LogP contribution is 2.51. The maximum Gasteiger partial charge on any atom is 0.0645 e. The SMILES string of the molecule is Clc1cccc([C@H]2Nc3ccc(Br)cc3[C@H]3C=CC[C@H]32)c1Cl. The van der Waals surface area contributed by atoms with Crippen LogP contribution in [-0.4, -0.2) is 0 Å². The van der Waals surface area contributed by atoms with Crippen molar-refractivity contribution in [3.05, 3.63) is 74.2 Å². The monoisotopic (exact) mass is 393 g/mol. The minimum absolute atomic E-state index is 0.180. The molecule has 0 saturated carbocycles. The van der Waals surface area contributed by atoms with E-state index in [-0.39, 0.29) is 6.04 Å². The number of halogens is 3. The molecule has 0 unspecified atom stereocenters. The molecule has 4 rings (SSSR count). The van der Waals surface area contributed by atoms with E-state index in [9.17, 15) is 0 Å². The zero-order valence-corrected chi connectivity index (χ0v) is 14.8. The normalized spacial score (nSPS) is 25.5. The lowest BCUT2D eigenvalue weighted by atomic mass is 9.77. The molecule has 0 fully saturated rings. The Morgan fingerprint density at radius 2 is 1.95 bits per heavy atom. The van der Waals surface area contributed by atoms with Gasteiger partial charge in [-0.05, 0) is 47.7 Å². The van der Waals surface area contributed by atoms with Crippen molar-refractivity contribution in [2.24, 2.45) is 5.92 Å². The Bertz CT molecular complexity index is 772. The van der Waals surface area contributed by atoms with Crippen LogP contribution in [0.15, 0.2) is 53.0 Å². The van der Waals surface area contributed by atoms with Gasteiger partial charge in [0.05, 0.1) is 16.1 Å². The second-order valence-electron chi connectivity index (χ2n) is 5.85. The number of anilines is 1. The van der Waals surface area contributed by atoms with E-state index in [4.69, 9.17) is 23.2 Å². The van der Waals surface area contributed by atoms with E-state index in [1.807, 2.05) is 12.1 Å². The number of benzene rings is 2. The maximum atomic E-state index is 6.47. The first kappa shape index (κ1) is 14.6. The lowest BCUT2D eigenvalue weighted by Crippen LogP contribution is -2.29. The zero-order chi connectivity index (χ0) is 15.3. The number of hydrogen-bond donors (Lipinski definition) is 1. The van der Waals surface area contributed by atoms with Crippen LogP contribution in [0, 0.1) is 5.92 Å². The van der Waals surface area contributed by atoms with Gasteiger partial charge >= 0.3 is 0 Å². The third-order valence-electron chi connectivity index (χ3n) is 4.64. The molecule has 3 atom stereocenters. The fourth-order valence-corrected chi connectivity index (χ4v) is 4.44. The molecule has 4 heteroatoms. The topological polar surface area (TPSA) is 12.0 Å². The number of fused-ring (bicyclic) bond motifs is 3. The first-order chi connectivity index (χ1) is 10.6. The van der Waals surface area contributed by atoms with E-state index >= 15 is 0 Å². The molecule has 0 radical (unpaired) electrons. The lowest BCUT2D eigenvalue weighted by molar-refractivity contribution is 0.425. The molecule has 2 aliphatic rings. The van der Waals surface area contributed by atoms with Gasteiger partial charge in [-0.1, -0.05) is 63.4 Å². The van der Waals surface area contributed by atoms with Gasteiger partial charge in [0.2, 0.25) is 0 Å². The molecule has 1 N–H and O–H groups in total. The first-order valence-electron chi connectivity index (χ1n) is 7.31. The predicted molar refractivity (Wildman–Crippen MR) is 97.0 cm³/mol. The molecule has 0 spiro atoms. The highest BCUT2D eigenvalue weighted by atomic mass is 79.9. The van der Waals surface area contributed by atoms with Crippen molar-refractivity contribution in [3.63, 3.8) is 0 Å². The van der Waals surface area contributed by atoms with Crippen LogP contribution in [0.5, 0.6) is 0 Å². The van der Waals surface area contributed by atoms with Crippen LogP contribution in [-0.2, 0) is 0 Å². The number of rotatable bonds is 1. The van der Waals surface area contributed by atoms with E-state index < -0.39 is 0 Å². The minimum atomic E-state index is 0.180. The Balaban J connectivity index is 1.83. The molecule has 22 heavy (non-hydrogen) atoms. The summed E-state index contributed by atoms with van der Waals surface area (Å²) in [5.74, 6) is 0.895. The first-order valence-corrected chi connectivity index (χ1v) is 8.86. The summed E-state index contributed by atoms with van der Waals surface area (Å²) < 4.78 is 1.12. The zero-order valence-electron chi connectivity index (χ0n) is 11.7. The average molecular weight is 395 g/mol. The van der Waals surface area contributed by atoms with Gasteiger partial charge in [-0.3, -0.25) is 0 Å². The third-order valence-corrected chi connectivity index (χ3v) is 5.97. The predicted octanol–water partition coefficient (Wildman–Crippen LogP) is 6.58. The Morgan fingerprint density at radius 3 is 2.82 bits per heavy atom. The van der Waals surface area contributed by atoms with Crippen molar-refractivity contribution in [2.45, 2.75) is 18.4 Å². The summed E-state index contributed by atoms with van der Waals surface area (Å²) in [5, 5.41) is 4.95. The van der Waals surface area contributed by atoms with Gasteiger partial charge in [0.25, 0.3) is 0 Å². The molecular formula is C18H14BrCl2N. The van der Waals surface area contributed by atoms with Crippen molar-refractivity contribution in [1.29, 1.82) is 0 Å². The number of allylic oxidation sites excluding steroid dienone is 2. The van der Waals surface area contributed by atoms with E-state index in [2.05, 4.69) is 57.7 Å². The quantitative estimate of drug-likeness (QED) is 0.538. The summed E-state index contributed by atoms with van der Waals surface area (Å²) in [6, 6.07) is 12.5. The molecule has 0 bridgehead atoms. The van der Waals surface area contributed by atoms with Crippen molar-refractivity contribution >= 4 is 44.8 Å². The average Bonchev–Trinajstić information content (AvgIpc) is 2.99. The second-order valence-corrected chi connectivity index (χ2v) is 7.55. The molecular weight excluding hydrogens is 381 g/mol. The number of nitrogens with one attached hydrogen (secondary N) is 1. The van der Waals surface area contributed by atoms with Crippen LogP contribution in [0.1, 0.15) is 29.5 Å². The molecule has 1 heterocycles. The molecule has 0 aromatic heterocycles. The summed E-state index contributed by atoms with van der Waals surface area (Å²) in [4.78, 5) is 0. The number of hydrogen-bond acceptors (Lipinski definition) is 1. The summed E-state index contributed by atoms with van der Waals surface area (Å²) in [5.41, 5.74) is 3.61. The fraction of sp³-hybridized carbons (Fsp3) is 0.222. The van der Waals surface area contributed by atoms with E-state index in [0.717, 1.165) is 16.5 Å². The Hall–Kier alpha value is -0.960. The highest BCUT2D eigenvalue weighted by Gasteiger charge is 2.38. The van der Waals surface area contributed by atoms with E-state index in [0.29, 0.717) is 21.9 Å².